The molecule has 29 heavy (non-hydrogen) atoms. The molecular weight excluding hydrogens is 397 g/mol. The van der Waals surface area contributed by atoms with Crippen LogP contribution in [0.4, 0.5) is 4.39 Å². The molecule has 10 heteroatoms. The number of benzene rings is 2. The summed E-state index contributed by atoms with van der Waals surface area (Å²) in [7, 11) is 3.40. The molecule has 0 radical (unpaired) electrons. The van der Waals surface area contributed by atoms with Gasteiger partial charge in [-0.3, -0.25) is 20.4 Å². The Morgan fingerprint density at radius 1 is 1.07 bits per heavy atom. The van der Waals surface area contributed by atoms with Crippen LogP contribution >= 0.6 is 11.8 Å². The molecule has 2 aromatic carbocycles. The first-order chi connectivity index (χ1) is 14.0. The lowest BCUT2D eigenvalue weighted by Crippen LogP contribution is -2.42. The van der Waals surface area contributed by atoms with Gasteiger partial charge < -0.3 is 9.30 Å². The molecule has 8 nitrogen and oxygen atoms in total. The summed E-state index contributed by atoms with van der Waals surface area (Å²) in [6, 6.07) is 12.4. The average Bonchev–Trinajstić information content (AvgIpc) is 3.11. The van der Waals surface area contributed by atoms with Gasteiger partial charge in [0.05, 0.1) is 12.9 Å². The summed E-state index contributed by atoms with van der Waals surface area (Å²) >= 11 is 1.18. The zero-order valence-electron chi connectivity index (χ0n) is 15.7. The first-order valence-electron chi connectivity index (χ1n) is 8.49. The van der Waals surface area contributed by atoms with E-state index in [-0.39, 0.29) is 11.3 Å². The van der Waals surface area contributed by atoms with Crippen LogP contribution in [-0.4, -0.2) is 39.4 Å². The van der Waals surface area contributed by atoms with Crippen molar-refractivity contribution < 1.29 is 18.7 Å². The van der Waals surface area contributed by atoms with Crippen LogP contribution in [0.3, 0.4) is 0 Å². The third kappa shape index (κ3) is 5.11. The van der Waals surface area contributed by atoms with Crippen LogP contribution in [0, 0.1) is 5.82 Å². The largest absolute Gasteiger partial charge is 0.497 e. The maximum absolute atomic E-state index is 12.9. The minimum Gasteiger partial charge on any atom is -0.497 e. The maximum Gasteiger partial charge on any atom is 0.269 e. The number of aromatic nitrogens is 3. The van der Waals surface area contributed by atoms with Gasteiger partial charge in [-0.15, -0.1) is 10.2 Å². The van der Waals surface area contributed by atoms with Gasteiger partial charge in [0, 0.05) is 18.2 Å². The van der Waals surface area contributed by atoms with Gasteiger partial charge in [0.15, 0.2) is 11.0 Å². The van der Waals surface area contributed by atoms with Gasteiger partial charge in [-0.2, -0.15) is 0 Å². The molecular formula is C19H18FN5O3S. The molecule has 2 N–H and O–H groups in total. The van der Waals surface area contributed by atoms with E-state index in [2.05, 4.69) is 21.0 Å². The molecule has 0 fully saturated rings. The molecule has 150 valence electrons. The SMILES string of the molecule is COc1ccc(-c2nnc(SCC(=O)NNC(=O)c3ccc(F)cc3)n2C)cc1. The minimum absolute atomic E-state index is 0.0261. The molecule has 0 saturated carbocycles. The summed E-state index contributed by atoms with van der Waals surface area (Å²) in [4.78, 5) is 23.9. The van der Waals surface area contributed by atoms with Gasteiger partial charge in [0.2, 0.25) is 5.91 Å². The topological polar surface area (TPSA) is 98.1 Å². The molecule has 0 unspecified atom stereocenters. The molecule has 1 aromatic heterocycles. The van der Waals surface area contributed by atoms with Gasteiger partial charge in [0.1, 0.15) is 11.6 Å². The fourth-order valence-electron chi connectivity index (χ4n) is 2.40. The monoisotopic (exact) mass is 415 g/mol. The van der Waals surface area contributed by atoms with E-state index in [0.29, 0.717) is 11.0 Å². The number of methoxy groups -OCH3 is 1. The average molecular weight is 415 g/mol. The highest BCUT2D eigenvalue weighted by atomic mass is 32.2. The number of ether oxygens (including phenoxy) is 1. The van der Waals surface area contributed by atoms with E-state index < -0.39 is 17.6 Å². The van der Waals surface area contributed by atoms with Crippen molar-refractivity contribution in [3.05, 3.63) is 59.9 Å². The number of nitrogens with one attached hydrogen (secondary N) is 2. The fraction of sp³-hybridized carbons (Fsp3) is 0.158. The standard InChI is InChI=1S/C19H18FN5O3S/c1-25-17(12-5-9-15(28-2)10-6-12)22-24-19(25)29-11-16(26)21-23-18(27)13-3-7-14(20)8-4-13/h3-10H,11H2,1-2H3,(H,21,26)(H,23,27). The highest BCUT2D eigenvalue weighted by Crippen LogP contribution is 2.24. The van der Waals surface area contributed by atoms with Crippen molar-refractivity contribution in [2.24, 2.45) is 7.05 Å². The number of hydrogen-bond acceptors (Lipinski definition) is 6. The molecule has 0 atom stereocenters. The van der Waals surface area contributed by atoms with Crippen LogP contribution in [0.15, 0.2) is 53.7 Å². The predicted octanol–water partition coefficient (Wildman–Crippen LogP) is 2.18. The number of thioether (sulfide) groups is 1. The number of halogens is 1. The third-order valence-corrected chi connectivity index (χ3v) is 4.96. The zero-order chi connectivity index (χ0) is 20.8. The third-order valence-electron chi connectivity index (χ3n) is 3.94. The van der Waals surface area contributed by atoms with Crippen LogP contribution < -0.4 is 15.6 Å². The van der Waals surface area contributed by atoms with E-state index in [1.807, 2.05) is 24.3 Å². The number of carbonyl (C=O) groups excluding carboxylic acids is 2. The lowest BCUT2D eigenvalue weighted by Gasteiger charge is -2.07. The van der Waals surface area contributed by atoms with Gasteiger partial charge >= 0.3 is 0 Å². The smallest absolute Gasteiger partial charge is 0.269 e. The second-order valence-corrected chi connectivity index (χ2v) is 6.83. The lowest BCUT2D eigenvalue weighted by molar-refractivity contribution is -0.119. The first-order valence-corrected chi connectivity index (χ1v) is 9.48. The van der Waals surface area contributed by atoms with Gasteiger partial charge in [0.25, 0.3) is 5.91 Å². The first kappa shape index (κ1) is 20.3. The van der Waals surface area contributed by atoms with Gasteiger partial charge in [-0.05, 0) is 48.5 Å². The summed E-state index contributed by atoms with van der Waals surface area (Å²) < 4.78 is 19.8. The molecule has 0 aliphatic rings. The summed E-state index contributed by atoms with van der Waals surface area (Å²) in [5.74, 6) is 0.0196. The second-order valence-electron chi connectivity index (χ2n) is 5.89. The lowest BCUT2D eigenvalue weighted by atomic mass is 10.2. The van der Waals surface area contributed by atoms with Crippen molar-refractivity contribution in [2.75, 3.05) is 12.9 Å². The summed E-state index contributed by atoms with van der Waals surface area (Å²) in [6.07, 6.45) is 0. The van der Waals surface area contributed by atoms with Crippen LogP contribution in [0.25, 0.3) is 11.4 Å². The Morgan fingerprint density at radius 2 is 1.76 bits per heavy atom. The van der Waals surface area contributed by atoms with E-state index in [0.717, 1.165) is 11.3 Å². The molecule has 0 bridgehead atoms. The number of hydrogen-bond donors (Lipinski definition) is 2. The molecule has 0 spiro atoms. The van der Waals surface area contributed by atoms with Crippen LogP contribution in [-0.2, 0) is 11.8 Å². The van der Waals surface area contributed by atoms with Crippen molar-refractivity contribution >= 4 is 23.6 Å². The quantitative estimate of drug-likeness (QED) is 0.473. The molecule has 0 aliphatic heterocycles. The molecule has 0 saturated heterocycles. The van der Waals surface area contributed by atoms with E-state index in [1.165, 1.54) is 36.0 Å². The molecule has 3 aromatic rings. The molecule has 0 aliphatic carbocycles. The number of nitrogens with zero attached hydrogens (tertiary/aromatic N) is 3. The van der Waals surface area contributed by atoms with Gasteiger partial charge in [-0.25, -0.2) is 4.39 Å². The highest BCUT2D eigenvalue weighted by molar-refractivity contribution is 7.99. The summed E-state index contributed by atoms with van der Waals surface area (Å²) in [5.41, 5.74) is 5.69. The number of carbonyl (C=O) groups is 2. The van der Waals surface area contributed by atoms with E-state index in [4.69, 9.17) is 4.74 Å². The Hall–Kier alpha value is -3.40. The Morgan fingerprint density at radius 3 is 2.41 bits per heavy atom. The maximum atomic E-state index is 12.9. The predicted molar refractivity (Wildman–Crippen MR) is 106 cm³/mol. The van der Waals surface area contributed by atoms with E-state index in [1.54, 1.807) is 18.7 Å². The highest BCUT2D eigenvalue weighted by Gasteiger charge is 2.14. The fourth-order valence-corrected chi connectivity index (χ4v) is 3.11. The number of rotatable bonds is 6. The number of hydrazine groups is 1. The molecule has 3 rings (SSSR count). The molecule has 1 heterocycles. The zero-order valence-corrected chi connectivity index (χ0v) is 16.5. The van der Waals surface area contributed by atoms with Crippen molar-refractivity contribution in [2.45, 2.75) is 5.16 Å². The Balaban J connectivity index is 1.53. The van der Waals surface area contributed by atoms with Crippen molar-refractivity contribution in [3.63, 3.8) is 0 Å². The second kappa shape index (κ2) is 9.20. The normalized spacial score (nSPS) is 10.4. The summed E-state index contributed by atoms with van der Waals surface area (Å²) in [5, 5.41) is 8.81. The van der Waals surface area contributed by atoms with E-state index in [9.17, 15) is 14.0 Å². The Kier molecular flexibility index (Phi) is 6.45. The number of amides is 2. The van der Waals surface area contributed by atoms with Crippen LogP contribution in [0.5, 0.6) is 5.75 Å². The van der Waals surface area contributed by atoms with Crippen molar-refractivity contribution in [3.8, 4) is 17.1 Å². The van der Waals surface area contributed by atoms with Crippen molar-refractivity contribution in [1.29, 1.82) is 0 Å². The Bertz CT molecular complexity index is 1010. The van der Waals surface area contributed by atoms with E-state index >= 15 is 0 Å². The Labute approximate surface area is 170 Å². The minimum atomic E-state index is -0.538. The van der Waals surface area contributed by atoms with Crippen LogP contribution in [0.2, 0.25) is 0 Å². The van der Waals surface area contributed by atoms with Crippen molar-refractivity contribution in [1.82, 2.24) is 25.6 Å². The summed E-state index contributed by atoms with van der Waals surface area (Å²) in [6.45, 7) is 0. The molecule has 2 amide bonds. The van der Waals surface area contributed by atoms with Crippen LogP contribution in [0.1, 0.15) is 10.4 Å². The van der Waals surface area contributed by atoms with Gasteiger partial charge in [-0.1, -0.05) is 11.8 Å².